The van der Waals surface area contributed by atoms with Crippen LogP contribution in [0, 0.1) is 5.92 Å². The van der Waals surface area contributed by atoms with Crippen LogP contribution in [0.15, 0.2) is 29.2 Å². The van der Waals surface area contributed by atoms with Gasteiger partial charge in [0.2, 0.25) is 10.0 Å². The molecule has 1 saturated heterocycles. The van der Waals surface area contributed by atoms with Crippen LogP contribution in [0.5, 0.6) is 0 Å². The summed E-state index contributed by atoms with van der Waals surface area (Å²) >= 11 is 0. The lowest BCUT2D eigenvalue weighted by Crippen LogP contribution is -2.35. The molecular weight excluding hydrogens is 286 g/mol. The molecule has 1 aromatic carbocycles. The Balaban J connectivity index is 2.19. The first kappa shape index (κ1) is 16.4. The van der Waals surface area contributed by atoms with E-state index in [1.54, 1.807) is 16.4 Å². The Morgan fingerprint density at radius 1 is 1.24 bits per heavy atom. The molecular formula is C15H25N3O2S. The van der Waals surface area contributed by atoms with E-state index in [4.69, 9.17) is 5.73 Å². The molecule has 2 atom stereocenters. The summed E-state index contributed by atoms with van der Waals surface area (Å²) in [5.41, 5.74) is 6.58. The van der Waals surface area contributed by atoms with Gasteiger partial charge in [0, 0.05) is 19.1 Å². The van der Waals surface area contributed by atoms with Crippen LogP contribution >= 0.6 is 0 Å². The molecule has 118 valence electrons. The lowest BCUT2D eigenvalue weighted by atomic mass is 10.1. The van der Waals surface area contributed by atoms with Gasteiger partial charge in [-0.1, -0.05) is 19.1 Å². The summed E-state index contributed by atoms with van der Waals surface area (Å²) in [4.78, 5) is 2.47. The van der Waals surface area contributed by atoms with Crippen LogP contribution < -0.4 is 5.73 Å². The van der Waals surface area contributed by atoms with Crippen molar-refractivity contribution in [3.8, 4) is 0 Å². The number of hydrogen-bond acceptors (Lipinski definition) is 4. The van der Waals surface area contributed by atoms with E-state index in [-0.39, 0.29) is 6.04 Å². The van der Waals surface area contributed by atoms with E-state index in [0.29, 0.717) is 30.4 Å². The minimum Gasteiger partial charge on any atom is -0.330 e. The highest BCUT2D eigenvalue weighted by atomic mass is 32.2. The monoisotopic (exact) mass is 311 g/mol. The maximum atomic E-state index is 12.7. The molecule has 0 saturated carbocycles. The molecule has 1 fully saturated rings. The van der Waals surface area contributed by atoms with Crippen LogP contribution in [0.4, 0.5) is 0 Å². The fourth-order valence-electron chi connectivity index (χ4n) is 2.92. The Bertz CT molecular complexity index is 569. The van der Waals surface area contributed by atoms with Gasteiger partial charge >= 0.3 is 0 Å². The first-order valence-electron chi connectivity index (χ1n) is 7.32. The number of nitrogens with zero attached hydrogens (tertiary/aromatic N) is 2. The molecule has 1 aliphatic rings. The summed E-state index contributed by atoms with van der Waals surface area (Å²) in [6, 6.07) is 7.35. The second kappa shape index (κ2) is 6.44. The zero-order valence-corrected chi connectivity index (χ0v) is 13.8. The Morgan fingerprint density at radius 2 is 1.86 bits per heavy atom. The van der Waals surface area contributed by atoms with Crippen molar-refractivity contribution >= 4 is 10.0 Å². The Labute approximate surface area is 127 Å². The lowest BCUT2D eigenvalue weighted by molar-refractivity contribution is 0.263. The summed E-state index contributed by atoms with van der Waals surface area (Å²) in [5, 5.41) is 0. The lowest BCUT2D eigenvalue weighted by Gasteiger charge is -2.22. The Kier molecular flexibility index (Phi) is 5.03. The standard InChI is InChI=1S/C15H25N3O2S/c1-12-10-18(11-15(12)17(2)3)21(19,20)14-6-4-13(5-7-14)8-9-16/h4-7,12,15H,8-11,16H2,1-3H3. The van der Waals surface area contributed by atoms with Crippen molar-refractivity contribution in [1.82, 2.24) is 9.21 Å². The third kappa shape index (κ3) is 3.45. The van der Waals surface area contributed by atoms with Crippen molar-refractivity contribution in [2.24, 2.45) is 11.7 Å². The highest BCUT2D eigenvalue weighted by Gasteiger charge is 2.37. The third-order valence-electron chi connectivity index (χ3n) is 4.20. The molecule has 6 heteroatoms. The van der Waals surface area contributed by atoms with Gasteiger partial charge in [-0.25, -0.2) is 8.42 Å². The van der Waals surface area contributed by atoms with E-state index in [1.807, 2.05) is 26.2 Å². The van der Waals surface area contributed by atoms with Gasteiger partial charge in [-0.15, -0.1) is 0 Å². The van der Waals surface area contributed by atoms with Crippen molar-refractivity contribution in [2.75, 3.05) is 33.7 Å². The first-order valence-corrected chi connectivity index (χ1v) is 8.76. The molecule has 2 rings (SSSR count). The molecule has 0 bridgehead atoms. The molecule has 1 heterocycles. The van der Waals surface area contributed by atoms with Crippen LogP contribution in [-0.4, -0.2) is 57.4 Å². The van der Waals surface area contributed by atoms with E-state index >= 15 is 0 Å². The van der Waals surface area contributed by atoms with Crippen LogP contribution in [0.1, 0.15) is 12.5 Å². The van der Waals surface area contributed by atoms with E-state index < -0.39 is 10.0 Å². The highest BCUT2D eigenvalue weighted by molar-refractivity contribution is 7.89. The van der Waals surface area contributed by atoms with Crippen molar-refractivity contribution in [3.63, 3.8) is 0 Å². The smallest absolute Gasteiger partial charge is 0.243 e. The zero-order chi connectivity index (χ0) is 15.6. The van der Waals surface area contributed by atoms with E-state index in [0.717, 1.165) is 12.0 Å². The second-order valence-electron chi connectivity index (χ2n) is 6.01. The van der Waals surface area contributed by atoms with Gasteiger partial charge in [0.05, 0.1) is 4.90 Å². The molecule has 0 aliphatic carbocycles. The SMILES string of the molecule is CC1CN(S(=O)(=O)c2ccc(CCN)cc2)CC1N(C)C. The van der Waals surface area contributed by atoms with E-state index in [9.17, 15) is 8.42 Å². The minimum absolute atomic E-state index is 0.274. The fourth-order valence-corrected chi connectivity index (χ4v) is 4.48. The topological polar surface area (TPSA) is 66.6 Å². The van der Waals surface area contributed by atoms with Crippen LogP contribution in [0.2, 0.25) is 0 Å². The first-order chi connectivity index (χ1) is 9.86. The molecule has 1 aromatic rings. The van der Waals surface area contributed by atoms with Crippen molar-refractivity contribution in [2.45, 2.75) is 24.3 Å². The quantitative estimate of drug-likeness (QED) is 0.872. The molecule has 0 aromatic heterocycles. The molecule has 5 nitrogen and oxygen atoms in total. The molecule has 0 amide bonds. The van der Waals surface area contributed by atoms with E-state index in [2.05, 4.69) is 11.8 Å². The van der Waals surface area contributed by atoms with Crippen molar-refractivity contribution < 1.29 is 8.42 Å². The third-order valence-corrected chi connectivity index (χ3v) is 6.04. The van der Waals surface area contributed by atoms with Crippen molar-refractivity contribution in [1.29, 1.82) is 0 Å². The average molecular weight is 311 g/mol. The summed E-state index contributed by atoms with van der Waals surface area (Å²) in [6.07, 6.45) is 0.768. The summed E-state index contributed by atoms with van der Waals surface area (Å²) in [5.74, 6) is 0.339. The van der Waals surface area contributed by atoms with Gasteiger partial charge < -0.3 is 10.6 Å². The van der Waals surface area contributed by atoms with Gasteiger partial charge in [0.25, 0.3) is 0 Å². The molecule has 0 spiro atoms. The predicted octanol–water partition coefficient (Wildman–Crippen LogP) is 0.758. The summed E-state index contributed by atoms with van der Waals surface area (Å²) in [7, 11) is 0.603. The highest BCUT2D eigenvalue weighted by Crippen LogP contribution is 2.26. The second-order valence-corrected chi connectivity index (χ2v) is 7.95. The number of nitrogens with two attached hydrogens (primary N) is 1. The van der Waals surface area contributed by atoms with Crippen LogP contribution in [-0.2, 0) is 16.4 Å². The fraction of sp³-hybridized carbons (Fsp3) is 0.600. The molecule has 21 heavy (non-hydrogen) atoms. The molecule has 2 unspecified atom stereocenters. The average Bonchev–Trinajstić information content (AvgIpc) is 2.83. The van der Waals surface area contributed by atoms with Gasteiger partial charge in [-0.05, 0) is 50.7 Å². The maximum absolute atomic E-state index is 12.7. The van der Waals surface area contributed by atoms with Gasteiger partial charge in [-0.3, -0.25) is 0 Å². The summed E-state index contributed by atoms with van der Waals surface area (Å²) in [6.45, 7) is 3.81. The van der Waals surface area contributed by atoms with Gasteiger partial charge in [-0.2, -0.15) is 4.31 Å². The number of rotatable bonds is 5. The summed E-state index contributed by atoms with van der Waals surface area (Å²) < 4.78 is 27.0. The van der Waals surface area contributed by atoms with Crippen molar-refractivity contribution in [3.05, 3.63) is 29.8 Å². The van der Waals surface area contributed by atoms with Crippen LogP contribution in [0.25, 0.3) is 0 Å². The van der Waals surface area contributed by atoms with E-state index in [1.165, 1.54) is 0 Å². The normalized spacial score (nSPS) is 23.9. The van der Waals surface area contributed by atoms with Gasteiger partial charge in [0.1, 0.15) is 0 Å². The molecule has 0 radical (unpaired) electrons. The zero-order valence-electron chi connectivity index (χ0n) is 13.0. The number of benzene rings is 1. The maximum Gasteiger partial charge on any atom is 0.243 e. The molecule has 2 N–H and O–H groups in total. The number of sulfonamides is 1. The Hall–Kier alpha value is -0.950. The molecule has 1 aliphatic heterocycles. The van der Waals surface area contributed by atoms with Gasteiger partial charge in [0.15, 0.2) is 0 Å². The van der Waals surface area contributed by atoms with Crippen LogP contribution in [0.3, 0.4) is 0 Å². The predicted molar refractivity (Wildman–Crippen MR) is 84.6 cm³/mol. The minimum atomic E-state index is -3.39. The number of likely N-dealkylation sites (N-methyl/N-ethyl adjacent to an activating group) is 1. The Morgan fingerprint density at radius 3 is 2.33 bits per heavy atom. The number of hydrogen-bond donors (Lipinski definition) is 1. The largest absolute Gasteiger partial charge is 0.330 e.